The van der Waals surface area contributed by atoms with E-state index in [1.165, 1.54) is 5.56 Å². The lowest BCUT2D eigenvalue weighted by Crippen LogP contribution is -2.46. The Morgan fingerprint density at radius 3 is 2.26 bits per heavy atom. The van der Waals surface area contributed by atoms with Gasteiger partial charge in [0.05, 0.1) is 0 Å². The first-order chi connectivity index (χ1) is 15.2. The van der Waals surface area contributed by atoms with Crippen molar-refractivity contribution in [1.82, 2.24) is 4.90 Å². The molecular formula is C25H26ClN3O2. The molecule has 160 valence electrons. The van der Waals surface area contributed by atoms with Gasteiger partial charge in [-0.15, -0.1) is 0 Å². The fraction of sp³-hybridized carbons (Fsp3) is 0.240. The number of amides is 1. The fourth-order valence-electron chi connectivity index (χ4n) is 3.65. The Morgan fingerprint density at radius 2 is 1.55 bits per heavy atom. The fourth-order valence-corrected chi connectivity index (χ4v) is 3.85. The van der Waals surface area contributed by atoms with E-state index in [1.54, 1.807) is 0 Å². The molecule has 0 aliphatic carbocycles. The van der Waals surface area contributed by atoms with Gasteiger partial charge in [-0.25, -0.2) is 0 Å². The van der Waals surface area contributed by atoms with E-state index in [0.29, 0.717) is 5.75 Å². The Bertz CT molecular complexity index is 987. The molecule has 6 heteroatoms. The number of piperazine rings is 1. The third kappa shape index (κ3) is 6.00. The second-order valence-electron chi connectivity index (χ2n) is 7.55. The van der Waals surface area contributed by atoms with Crippen LogP contribution in [0.2, 0.25) is 5.02 Å². The van der Waals surface area contributed by atoms with Crippen LogP contribution in [0.25, 0.3) is 0 Å². The van der Waals surface area contributed by atoms with Gasteiger partial charge in [-0.1, -0.05) is 48.0 Å². The monoisotopic (exact) mass is 435 g/mol. The first kappa shape index (κ1) is 21.2. The molecule has 1 saturated heterocycles. The summed E-state index contributed by atoms with van der Waals surface area (Å²) >= 11 is 6.29. The molecule has 5 nitrogen and oxygen atoms in total. The van der Waals surface area contributed by atoms with E-state index in [2.05, 4.69) is 33.3 Å². The van der Waals surface area contributed by atoms with Gasteiger partial charge in [0.2, 0.25) is 0 Å². The van der Waals surface area contributed by atoms with Crippen LogP contribution in [0.5, 0.6) is 5.75 Å². The number of carbonyl (C=O) groups excluding carboxylic acids is 1. The molecule has 1 heterocycles. The Hall–Kier alpha value is -3.02. The molecule has 3 aromatic rings. The molecule has 0 atom stereocenters. The van der Waals surface area contributed by atoms with Gasteiger partial charge in [0.1, 0.15) is 5.75 Å². The third-order valence-electron chi connectivity index (χ3n) is 5.35. The molecule has 1 amide bonds. The van der Waals surface area contributed by atoms with Crippen molar-refractivity contribution in [3.8, 4) is 5.75 Å². The molecule has 1 fully saturated rings. The van der Waals surface area contributed by atoms with Crippen molar-refractivity contribution in [2.45, 2.75) is 6.54 Å². The van der Waals surface area contributed by atoms with E-state index >= 15 is 0 Å². The highest BCUT2D eigenvalue weighted by Crippen LogP contribution is 2.22. The number of carbonyl (C=O) groups is 1. The van der Waals surface area contributed by atoms with Gasteiger partial charge < -0.3 is 15.0 Å². The third-order valence-corrected chi connectivity index (χ3v) is 5.72. The molecule has 0 unspecified atom stereocenters. The lowest BCUT2D eigenvalue weighted by atomic mass is 10.2. The first-order valence-corrected chi connectivity index (χ1v) is 10.8. The van der Waals surface area contributed by atoms with Crippen LogP contribution in [0.4, 0.5) is 11.4 Å². The zero-order valence-corrected chi connectivity index (χ0v) is 18.1. The maximum Gasteiger partial charge on any atom is 0.262 e. The second-order valence-corrected chi connectivity index (χ2v) is 7.96. The Balaban J connectivity index is 1.24. The quantitative estimate of drug-likeness (QED) is 0.585. The highest BCUT2D eigenvalue weighted by molar-refractivity contribution is 6.31. The number of para-hydroxylation sites is 1. The predicted octanol–water partition coefficient (Wildman–Crippen LogP) is 4.68. The lowest BCUT2D eigenvalue weighted by molar-refractivity contribution is -0.118. The standard InChI is InChI=1S/C25H26ClN3O2/c26-24-9-5-4-6-20(24)18-28-14-16-29(17-15-28)22-12-10-21(11-13-22)27-25(30)19-31-23-7-2-1-3-8-23/h1-13H,14-19H2,(H,27,30). The van der Waals surface area contributed by atoms with Gasteiger partial charge in [-0.3, -0.25) is 9.69 Å². The SMILES string of the molecule is O=C(COc1ccccc1)Nc1ccc(N2CCN(Cc3ccccc3Cl)CC2)cc1. The smallest absolute Gasteiger partial charge is 0.262 e. The zero-order chi connectivity index (χ0) is 21.5. The number of anilines is 2. The molecular weight excluding hydrogens is 410 g/mol. The predicted molar refractivity (Wildman–Crippen MR) is 126 cm³/mol. The number of halogens is 1. The average Bonchev–Trinajstić information content (AvgIpc) is 2.81. The van der Waals surface area contributed by atoms with Crippen LogP contribution in [0.1, 0.15) is 5.56 Å². The van der Waals surface area contributed by atoms with Crippen LogP contribution >= 0.6 is 11.6 Å². The average molecular weight is 436 g/mol. The van der Waals surface area contributed by atoms with Crippen LogP contribution in [0.15, 0.2) is 78.9 Å². The highest BCUT2D eigenvalue weighted by Gasteiger charge is 2.18. The molecule has 31 heavy (non-hydrogen) atoms. The van der Waals surface area contributed by atoms with E-state index in [1.807, 2.05) is 60.7 Å². The van der Waals surface area contributed by atoms with Crippen molar-refractivity contribution < 1.29 is 9.53 Å². The van der Waals surface area contributed by atoms with Gasteiger partial charge in [0, 0.05) is 49.1 Å². The van der Waals surface area contributed by atoms with Crippen LogP contribution in [-0.4, -0.2) is 43.6 Å². The topological polar surface area (TPSA) is 44.8 Å². The summed E-state index contributed by atoms with van der Waals surface area (Å²) < 4.78 is 5.49. The molecule has 0 radical (unpaired) electrons. The van der Waals surface area contributed by atoms with Crippen LogP contribution < -0.4 is 15.0 Å². The van der Waals surface area contributed by atoms with Gasteiger partial charge in [0.25, 0.3) is 5.91 Å². The maximum atomic E-state index is 12.1. The van der Waals surface area contributed by atoms with Crippen LogP contribution in [0, 0.1) is 0 Å². The molecule has 1 aliphatic heterocycles. The summed E-state index contributed by atoms with van der Waals surface area (Å²) in [5.41, 5.74) is 3.10. The number of nitrogens with one attached hydrogen (secondary N) is 1. The van der Waals surface area contributed by atoms with E-state index in [9.17, 15) is 4.79 Å². The Kier molecular flexibility index (Phi) is 7.07. The summed E-state index contributed by atoms with van der Waals surface area (Å²) in [5, 5.41) is 3.71. The molecule has 0 bridgehead atoms. The Morgan fingerprint density at radius 1 is 0.871 bits per heavy atom. The molecule has 3 aromatic carbocycles. The van der Waals surface area contributed by atoms with E-state index < -0.39 is 0 Å². The number of hydrogen-bond acceptors (Lipinski definition) is 4. The molecule has 1 N–H and O–H groups in total. The maximum absolute atomic E-state index is 12.1. The van der Waals surface area contributed by atoms with Gasteiger partial charge in [-0.05, 0) is 48.0 Å². The van der Waals surface area contributed by atoms with Gasteiger partial charge in [0.15, 0.2) is 6.61 Å². The van der Waals surface area contributed by atoms with Gasteiger partial charge >= 0.3 is 0 Å². The highest BCUT2D eigenvalue weighted by atomic mass is 35.5. The van der Waals surface area contributed by atoms with Crippen LogP contribution in [-0.2, 0) is 11.3 Å². The van der Waals surface area contributed by atoms with Crippen molar-refractivity contribution in [3.63, 3.8) is 0 Å². The molecule has 1 aliphatic rings. The number of rotatable bonds is 7. The van der Waals surface area contributed by atoms with Crippen molar-refractivity contribution in [3.05, 3.63) is 89.4 Å². The zero-order valence-electron chi connectivity index (χ0n) is 17.3. The number of benzene rings is 3. The van der Waals surface area contributed by atoms with E-state index in [4.69, 9.17) is 16.3 Å². The summed E-state index contributed by atoms with van der Waals surface area (Å²) in [6, 6.07) is 25.3. The summed E-state index contributed by atoms with van der Waals surface area (Å²) in [7, 11) is 0. The van der Waals surface area contributed by atoms with Crippen molar-refractivity contribution in [2.75, 3.05) is 43.0 Å². The first-order valence-electron chi connectivity index (χ1n) is 10.5. The molecule has 0 aromatic heterocycles. The van der Waals surface area contributed by atoms with Gasteiger partial charge in [-0.2, -0.15) is 0 Å². The molecule has 4 rings (SSSR count). The van der Waals surface area contributed by atoms with E-state index in [-0.39, 0.29) is 12.5 Å². The molecule has 0 saturated carbocycles. The minimum absolute atomic E-state index is 0.0147. The largest absolute Gasteiger partial charge is 0.484 e. The summed E-state index contributed by atoms with van der Waals surface area (Å²) in [5.74, 6) is 0.506. The molecule has 0 spiro atoms. The van der Waals surface area contributed by atoms with Crippen molar-refractivity contribution in [1.29, 1.82) is 0 Å². The second kappa shape index (κ2) is 10.3. The minimum atomic E-state index is -0.176. The summed E-state index contributed by atoms with van der Waals surface area (Å²) in [6.45, 7) is 4.76. The van der Waals surface area contributed by atoms with E-state index in [0.717, 1.165) is 49.1 Å². The van der Waals surface area contributed by atoms with Crippen molar-refractivity contribution in [2.24, 2.45) is 0 Å². The normalized spacial score (nSPS) is 14.3. The van der Waals surface area contributed by atoms with Crippen LogP contribution in [0.3, 0.4) is 0 Å². The summed E-state index contributed by atoms with van der Waals surface area (Å²) in [6.07, 6.45) is 0. The summed E-state index contributed by atoms with van der Waals surface area (Å²) in [4.78, 5) is 16.9. The Labute approximate surface area is 188 Å². The minimum Gasteiger partial charge on any atom is -0.484 e. The number of hydrogen-bond donors (Lipinski definition) is 1. The number of nitrogens with zero attached hydrogens (tertiary/aromatic N) is 2. The van der Waals surface area contributed by atoms with Crippen molar-refractivity contribution >= 4 is 28.9 Å². The lowest BCUT2D eigenvalue weighted by Gasteiger charge is -2.36. The number of ether oxygens (including phenoxy) is 1.